The Labute approximate surface area is 198 Å². The molecular weight excluding hydrogens is 464 g/mol. The van der Waals surface area contributed by atoms with Crippen molar-refractivity contribution in [2.75, 3.05) is 0 Å². The molecule has 1 aliphatic rings. The summed E-state index contributed by atoms with van der Waals surface area (Å²) in [7, 11) is 0. The summed E-state index contributed by atoms with van der Waals surface area (Å²) < 4.78 is 5.76. The topological polar surface area (TPSA) is 89.8 Å². The Bertz CT molecular complexity index is 1250. The molecule has 0 spiro atoms. The molecule has 9 heteroatoms. The van der Waals surface area contributed by atoms with Crippen molar-refractivity contribution in [3.05, 3.63) is 110 Å². The third-order valence-corrected chi connectivity index (χ3v) is 6.06. The zero-order chi connectivity index (χ0) is 23.4. The lowest BCUT2D eigenvalue weighted by molar-refractivity contribution is -0.384. The quantitative estimate of drug-likeness (QED) is 0.232. The number of benzene rings is 3. The zero-order valence-electron chi connectivity index (χ0n) is 17.1. The van der Waals surface area contributed by atoms with Gasteiger partial charge in [0, 0.05) is 12.1 Å². The highest BCUT2D eigenvalue weighted by Crippen LogP contribution is 2.35. The Morgan fingerprint density at radius 3 is 2.39 bits per heavy atom. The molecule has 0 bridgehead atoms. The molecule has 0 N–H and O–H groups in total. The van der Waals surface area contributed by atoms with E-state index in [1.54, 1.807) is 24.3 Å². The summed E-state index contributed by atoms with van der Waals surface area (Å²) in [5, 5.41) is 10.8. The predicted molar refractivity (Wildman–Crippen MR) is 127 cm³/mol. The second-order valence-electron chi connectivity index (χ2n) is 7.16. The number of amides is 2. The number of hydrogen-bond acceptors (Lipinski definition) is 6. The van der Waals surface area contributed by atoms with E-state index in [-0.39, 0.29) is 17.1 Å². The fourth-order valence-electron chi connectivity index (χ4n) is 3.15. The second-order valence-corrected chi connectivity index (χ2v) is 8.56. The fraction of sp³-hybridized carbons (Fsp3) is 0.0833. The van der Waals surface area contributed by atoms with Crippen molar-refractivity contribution in [3.63, 3.8) is 0 Å². The van der Waals surface area contributed by atoms with Crippen LogP contribution in [-0.2, 0) is 17.9 Å². The lowest BCUT2D eigenvalue weighted by Crippen LogP contribution is -2.27. The Kier molecular flexibility index (Phi) is 6.76. The minimum Gasteiger partial charge on any atom is -0.487 e. The number of nitrogens with zero attached hydrogens (tertiary/aromatic N) is 2. The number of non-ortho nitro benzene ring substituents is 1. The van der Waals surface area contributed by atoms with Gasteiger partial charge in [-0.25, -0.2) is 0 Å². The number of halogens is 1. The lowest BCUT2D eigenvalue weighted by atomic mass is 10.2. The normalized spacial score (nSPS) is 14.7. The molecule has 1 saturated heterocycles. The van der Waals surface area contributed by atoms with Gasteiger partial charge in [0.1, 0.15) is 12.4 Å². The SMILES string of the molecule is O=C1S/C(=C\c2ccc(OCc3ccccc3)c(Cl)c2)C(=O)N1Cc1ccc([N+](=O)[O-])cc1. The van der Waals surface area contributed by atoms with E-state index in [1.165, 1.54) is 24.3 Å². The molecule has 7 nitrogen and oxygen atoms in total. The van der Waals surface area contributed by atoms with Gasteiger partial charge in [-0.15, -0.1) is 0 Å². The van der Waals surface area contributed by atoms with E-state index in [9.17, 15) is 19.7 Å². The van der Waals surface area contributed by atoms with Gasteiger partial charge < -0.3 is 4.74 Å². The summed E-state index contributed by atoms with van der Waals surface area (Å²) in [6.07, 6.45) is 1.60. The molecule has 0 radical (unpaired) electrons. The van der Waals surface area contributed by atoms with E-state index < -0.39 is 16.1 Å². The first-order valence-corrected chi connectivity index (χ1v) is 11.0. The minimum atomic E-state index is -0.504. The van der Waals surface area contributed by atoms with Crippen molar-refractivity contribution in [1.82, 2.24) is 4.90 Å². The minimum absolute atomic E-state index is 0.0347. The van der Waals surface area contributed by atoms with Gasteiger partial charge >= 0.3 is 0 Å². The molecule has 0 saturated carbocycles. The molecule has 1 fully saturated rings. The van der Waals surface area contributed by atoms with Crippen LogP contribution >= 0.6 is 23.4 Å². The number of thioether (sulfide) groups is 1. The van der Waals surface area contributed by atoms with Crippen LogP contribution in [0.5, 0.6) is 5.75 Å². The van der Waals surface area contributed by atoms with E-state index in [1.807, 2.05) is 30.3 Å². The lowest BCUT2D eigenvalue weighted by Gasteiger charge is -2.12. The molecule has 4 rings (SSSR count). The predicted octanol–water partition coefficient (Wildman–Crippen LogP) is 6.06. The van der Waals surface area contributed by atoms with E-state index in [0.717, 1.165) is 22.2 Å². The van der Waals surface area contributed by atoms with Crippen molar-refractivity contribution >= 4 is 46.3 Å². The van der Waals surface area contributed by atoms with Crippen LogP contribution < -0.4 is 4.74 Å². The van der Waals surface area contributed by atoms with Gasteiger partial charge in [0.05, 0.1) is 21.4 Å². The molecule has 3 aromatic carbocycles. The van der Waals surface area contributed by atoms with E-state index >= 15 is 0 Å². The average Bonchev–Trinajstić information content (AvgIpc) is 3.07. The number of nitro groups is 1. The van der Waals surface area contributed by atoms with Crippen LogP contribution in [0.1, 0.15) is 16.7 Å². The number of carbonyl (C=O) groups is 2. The number of carbonyl (C=O) groups excluding carboxylic acids is 2. The molecule has 0 unspecified atom stereocenters. The van der Waals surface area contributed by atoms with Crippen LogP contribution in [0.15, 0.2) is 77.7 Å². The van der Waals surface area contributed by atoms with Crippen molar-refractivity contribution in [1.29, 1.82) is 0 Å². The fourth-order valence-corrected chi connectivity index (χ4v) is 4.23. The number of nitro benzene ring substituents is 1. The molecule has 2 amide bonds. The summed E-state index contributed by atoms with van der Waals surface area (Å²) in [4.78, 5) is 36.8. The molecule has 0 aromatic heterocycles. The number of ether oxygens (including phenoxy) is 1. The smallest absolute Gasteiger partial charge is 0.293 e. The van der Waals surface area contributed by atoms with Crippen LogP contribution in [0, 0.1) is 10.1 Å². The Hall–Kier alpha value is -3.62. The number of rotatable bonds is 7. The molecule has 166 valence electrons. The number of imide groups is 1. The van der Waals surface area contributed by atoms with Crippen molar-refractivity contribution in [3.8, 4) is 5.75 Å². The first-order valence-electron chi connectivity index (χ1n) is 9.86. The van der Waals surface area contributed by atoms with Crippen molar-refractivity contribution in [2.24, 2.45) is 0 Å². The molecule has 1 heterocycles. The average molecular weight is 481 g/mol. The maximum atomic E-state index is 12.8. The highest BCUT2D eigenvalue weighted by Gasteiger charge is 2.35. The molecule has 1 aliphatic heterocycles. The summed E-state index contributed by atoms with van der Waals surface area (Å²) in [6.45, 7) is 0.411. The third-order valence-electron chi connectivity index (χ3n) is 4.85. The molecule has 33 heavy (non-hydrogen) atoms. The van der Waals surface area contributed by atoms with E-state index in [0.29, 0.717) is 28.5 Å². The van der Waals surface area contributed by atoms with Crippen LogP contribution in [0.25, 0.3) is 6.08 Å². The van der Waals surface area contributed by atoms with Crippen molar-refractivity contribution < 1.29 is 19.2 Å². The largest absolute Gasteiger partial charge is 0.487 e. The molecule has 3 aromatic rings. The first-order chi connectivity index (χ1) is 15.9. The Balaban J connectivity index is 1.44. The third kappa shape index (κ3) is 5.42. The molecular formula is C24H17ClN2O5S. The van der Waals surface area contributed by atoms with Crippen LogP contribution in [0.4, 0.5) is 10.5 Å². The van der Waals surface area contributed by atoms with Crippen LogP contribution in [0.3, 0.4) is 0 Å². The van der Waals surface area contributed by atoms with Gasteiger partial charge in [0.2, 0.25) is 0 Å². The summed E-state index contributed by atoms with van der Waals surface area (Å²) in [6, 6.07) is 20.6. The van der Waals surface area contributed by atoms with Crippen LogP contribution in [-0.4, -0.2) is 21.0 Å². The Morgan fingerprint density at radius 1 is 1.00 bits per heavy atom. The Morgan fingerprint density at radius 2 is 1.73 bits per heavy atom. The second kappa shape index (κ2) is 9.89. The number of hydrogen-bond donors (Lipinski definition) is 0. The van der Waals surface area contributed by atoms with Gasteiger partial charge in [-0.05, 0) is 46.7 Å². The van der Waals surface area contributed by atoms with Gasteiger partial charge in [-0.1, -0.05) is 60.1 Å². The zero-order valence-corrected chi connectivity index (χ0v) is 18.7. The highest BCUT2D eigenvalue weighted by atomic mass is 35.5. The van der Waals surface area contributed by atoms with E-state index in [2.05, 4.69) is 0 Å². The maximum absolute atomic E-state index is 12.8. The standard InChI is InChI=1S/C24H17ClN2O5S/c25-20-12-18(8-11-21(20)32-15-17-4-2-1-3-5-17)13-22-23(28)26(24(29)33-22)14-16-6-9-19(10-7-16)27(30)31/h1-13H,14-15H2/b22-13-. The molecule has 0 aliphatic carbocycles. The summed E-state index contributed by atoms with van der Waals surface area (Å²) in [5.41, 5.74) is 2.24. The van der Waals surface area contributed by atoms with Gasteiger partial charge in [0.15, 0.2) is 0 Å². The maximum Gasteiger partial charge on any atom is 0.293 e. The summed E-state index contributed by atoms with van der Waals surface area (Å²) in [5.74, 6) is 0.0906. The summed E-state index contributed by atoms with van der Waals surface area (Å²) >= 11 is 7.18. The van der Waals surface area contributed by atoms with Crippen LogP contribution in [0.2, 0.25) is 5.02 Å². The van der Waals surface area contributed by atoms with Gasteiger partial charge in [-0.2, -0.15) is 0 Å². The van der Waals surface area contributed by atoms with Gasteiger partial charge in [-0.3, -0.25) is 24.6 Å². The molecule has 0 atom stereocenters. The monoisotopic (exact) mass is 480 g/mol. The highest BCUT2D eigenvalue weighted by molar-refractivity contribution is 8.18. The van der Waals surface area contributed by atoms with Crippen molar-refractivity contribution in [2.45, 2.75) is 13.2 Å². The van der Waals surface area contributed by atoms with E-state index in [4.69, 9.17) is 16.3 Å². The van der Waals surface area contributed by atoms with Gasteiger partial charge in [0.25, 0.3) is 16.8 Å². The first kappa shape index (κ1) is 22.6.